The smallest absolute Gasteiger partial charge is 0.264 e. The zero-order valence-corrected chi connectivity index (χ0v) is 12.4. The molecule has 2 rings (SSSR count). The van der Waals surface area contributed by atoms with Crippen molar-refractivity contribution >= 4 is 43.1 Å². The van der Waals surface area contributed by atoms with Gasteiger partial charge in [0.05, 0.1) is 3.79 Å². The fourth-order valence-corrected chi connectivity index (χ4v) is 4.77. The van der Waals surface area contributed by atoms with E-state index in [1.807, 2.05) is 0 Å². The van der Waals surface area contributed by atoms with Crippen LogP contribution in [0.2, 0.25) is 0 Å². The molecule has 0 radical (unpaired) electrons. The second-order valence-electron chi connectivity index (χ2n) is 3.45. The number of anilines is 1. The molecule has 92 valence electrons. The van der Waals surface area contributed by atoms with E-state index < -0.39 is 10.0 Å². The summed E-state index contributed by atoms with van der Waals surface area (Å²) in [4.78, 5) is 1.01. The first-order chi connectivity index (χ1) is 7.88. The van der Waals surface area contributed by atoms with Crippen molar-refractivity contribution in [2.24, 2.45) is 7.05 Å². The van der Waals surface area contributed by atoms with Crippen LogP contribution in [0.1, 0.15) is 4.88 Å². The van der Waals surface area contributed by atoms with Crippen LogP contribution in [0.15, 0.2) is 27.0 Å². The van der Waals surface area contributed by atoms with Gasteiger partial charge in [-0.3, -0.25) is 9.40 Å². The van der Waals surface area contributed by atoms with E-state index in [0.29, 0.717) is 5.82 Å². The maximum Gasteiger partial charge on any atom is 0.264 e. The molecule has 2 aromatic heterocycles. The van der Waals surface area contributed by atoms with Gasteiger partial charge in [-0.15, -0.1) is 11.3 Å². The Bertz CT molecular complexity index is 645. The third kappa shape index (κ3) is 2.70. The number of aryl methyl sites for hydroxylation is 2. The average Bonchev–Trinajstić information content (AvgIpc) is 2.72. The summed E-state index contributed by atoms with van der Waals surface area (Å²) >= 11 is 4.66. The zero-order chi connectivity index (χ0) is 12.6. The molecule has 0 bridgehead atoms. The second kappa shape index (κ2) is 4.43. The minimum atomic E-state index is -3.56. The maximum atomic E-state index is 12.1. The van der Waals surface area contributed by atoms with Crippen molar-refractivity contribution in [3.63, 3.8) is 0 Å². The fourth-order valence-electron chi connectivity index (χ4n) is 1.36. The van der Waals surface area contributed by atoms with Crippen LogP contribution in [0, 0.1) is 6.92 Å². The molecule has 17 heavy (non-hydrogen) atoms. The minimum absolute atomic E-state index is 0.278. The van der Waals surface area contributed by atoms with E-state index in [4.69, 9.17) is 0 Å². The molecule has 0 spiro atoms. The van der Waals surface area contributed by atoms with Gasteiger partial charge in [-0.05, 0) is 28.9 Å². The molecule has 0 atom stereocenters. The van der Waals surface area contributed by atoms with Crippen molar-refractivity contribution in [2.75, 3.05) is 4.72 Å². The van der Waals surface area contributed by atoms with Crippen LogP contribution < -0.4 is 4.72 Å². The molecule has 0 aliphatic heterocycles. The van der Waals surface area contributed by atoms with Crippen molar-refractivity contribution in [1.29, 1.82) is 0 Å². The standard InChI is InChI=1S/C9H10BrN3O2S2/c1-6-7(5-8(10)16-6)17(14,15)12-9-3-4-13(2)11-9/h3-5H,1-2H3,(H,11,12). The summed E-state index contributed by atoms with van der Waals surface area (Å²) in [5.41, 5.74) is 0. The number of nitrogens with one attached hydrogen (secondary N) is 1. The van der Waals surface area contributed by atoms with Gasteiger partial charge in [0.2, 0.25) is 0 Å². The van der Waals surface area contributed by atoms with Crippen LogP contribution in [0.3, 0.4) is 0 Å². The summed E-state index contributed by atoms with van der Waals surface area (Å²) in [5, 5.41) is 3.98. The first-order valence-electron chi connectivity index (χ1n) is 4.67. The Labute approximate surface area is 112 Å². The Balaban J connectivity index is 2.34. The topological polar surface area (TPSA) is 64.0 Å². The van der Waals surface area contributed by atoms with Gasteiger partial charge in [-0.1, -0.05) is 0 Å². The molecule has 0 amide bonds. The molecule has 0 aliphatic rings. The molecule has 0 aliphatic carbocycles. The Morgan fingerprint density at radius 3 is 2.71 bits per heavy atom. The third-order valence-corrected chi connectivity index (χ3v) is 5.25. The Morgan fingerprint density at radius 1 is 1.53 bits per heavy atom. The fraction of sp³-hybridized carbons (Fsp3) is 0.222. The largest absolute Gasteiger partial charge is 0.274 e. The van der Waals surface area contributed by atoms with Gasteiger partial charge in [-0.2, -0.15) is 5.10 Å². The first-order valence-corrected chi connectivity index (χ1v) is 7.76. The van der Waals surface area contributed by atoms with E-state index in [-0.39, 0.29) is 4.90 Å². The predicted molar refractivity (Wildman–Crippen MR) is 70.8 cm³/mol. The number of aromatic nitrogens is 2. The first kappa shape index (κ1) is 12.6. The highest BCUT2D eigenvalue weighted by molar-refractivity contribution is 9.11. The maximum absolute atomic E-state index is 12.1. The number of sulfonamides is 1. The summed E-state index contributed by atoms with van der Waals surface area (Å²) < 4.78 is 28.9. The number of hydrogen-bond donors (Lipinski definition) is 1. The molecule has 2 aromatic rings. The molecule has 0 saturated heterocycles. The molecular weight excluding hydrogens is 326 g/mol. The van der Waals surface area contributed by atoms with Crippen LogP contribution in [0.25, 0.3) is 0 Å². The van der Waals surface area contributed by atoms with Gasteiger partial charge in [0.25, 0.3) is 10.0 Å². The van der Waals surface area contributed by atoms with E-state index in [1.165, 1.54) is 16.0 Å². The van der Waals surface area contributed by atoms with Gasteiger partial charge in [-0.25, -0.2) is 8.42 Å². The lowest BCUT2D eigenvalue weighted by molar-refractivity contribution is 0.600. The van der Waals surface area contributed by atoms with Crippen LogP contribution >= 0.6 is 27.3 Å². The van der Waals surface area contributed by atoms with Crippen molar-refractivity contribution in [3.8, 4) is 0 Å². The number of thiophene rings is 1. The van der Waals surface area contributed by atoms with E-state index in [9.17, 15) is 8.42 Å². The highest BCUT2D eigenvalue weighted by atomic mass is 79.9. The number of halogens is 1. The molecule has 0 unspecified atom stereocenters. The molecule has 8 heteroatoms. The summed E-state index contributed by atoms with van der Waals surface area (Å²) in [6.45, 7) is 1.77. The number of hydrogen-bond acceptors (Lipinski definition) is 4. The van der Waals surface area contributed by atoms with Crippen molar-refractivity contribution in [1.82, 2.24) is 9.78 Å². The lowest BCUT2D eigenvalue weighted by Crippen LogP contribution is -2.13. The summed E-state index contributed by atoms with van der Waals surface area (Å²) in [5.74, 6) is 0.314. The van der Waals surface area contributed by atoms with Gasteiger partial charge in [0.1, 0.15) is 4.90 Å². The lowest BCUT2D eigenvalue weighted by atomic mass is 10.5. The summed E-state index contributed by atoms with van der Waals surface area (Å²) in [7, 11) is -1.83. The molecule has 0 saturated carbocycles. The normalized spacial score (nSPS) is 11.7. The van der Waals surface area contributed by atoms with Crippen molar-refractivity contribution in [3.05, 3.63) is 27.0 Å². The SMILES string of the molecule is Cc1sc(Br)cc1S(=O)(=O)Nc1ccn(C)n1. The number of rotatable bonds is 3. The van der Waals surface area contributed by atoms with E-state index in [2.05, 4.69) is 25.8 Å². The predicted octanol–water partition coefficient (Wildman–Crippen LogP) is 2.35. The quantitative estimate of drug-likeness (QED) is 0.936. The zero-order valence-electron chi connectivity index (χ0n) is 9.14. The highest BCUT2D eigenvalue weighted by Gasteiger charge is 2.20. The van der Waals surface area contributed by atoms with Crippen molar-refractivity contribution in [2.45, 2.75) is 11.8 Å². The molecule has 5 nitrogen and oxygen atoms in total. The molecule has 0 fully saturated rings. The summed E-state index contributed by atoms with van der Waals surface area (Å²) in [6.07, 6.45) is 1.67. The third-order valence-electron chi connectivity index (χ3n) is 2.08. The second-order valence-corrected chi connectivity index (χ2v) is 7.74. The average molecular weight is 336 g/mol. The van der Waals surface area contributed by atoms with Gasteiger partial charge in [0.15, 0.2) is 5.82 Å². The van der Waals surface area contributed by atoms with Gasteiger partial charge >= 0.3 is 0 Å². The Morgan fingerprint density at radius 2 is 2.24 bits per heavy atom. The molecule has 2 heterocycles. The van der Waals surface area contributed by atoms with Gasteiger partial charge in [0, 0.05) is 24.2 Å². The molecule has 1 N–H and O–H groups in total. The van der Waals surface area contributed by atoms with Crippen LogP contribution in [0.4, 0.5) is 5.82 Å². The van der Waals surface area contributed by atoms with E-state index >= 15 is 0 Å². The Kier molecular flexibility index (Phi) is 3.28. The number of nitrogens with zero attached hydrogens (tertiary/aromatic N) is 2. The van der Waals surface area contributed by atoms with E-state index in [1.54, 1.807) is 32.3 Å². The lowest BCUT2D eigenvalue weighted by Gasteiger charge is -2.03. The Hall–Kier alpha value is -0.860. The highest BCUT2D eigenvalue weighted by Crippen LogP contribution is 2.30. The van der Waals surface area contributed by atoms with Crippen molar-refractivity contribution < 1.29 is 8.42 Å². The molecular formula is C9H10BrN3O2S2. The minimum Gasteiger partial charge on any atom is -0.274 e. The summed E-state index contributed by atoms with van der Waals surface area (Å²) in [6, 6.07) is 3.19. The van der Waals surface area contributed by atoms with E-state index in [0.717, 1.165) is 8.66 Å². The van der Waals surface area contributed by atoms with Crippen LogP contribution in [-0.4, -0.2) is 18.2 Å². The van der Waals surface area contributed by atoms with Gasteiger partial charge < -0.3 is 0 Å². The molecule has 0 aromatic carbocycles. The monoisotopic (exact) mass is 335 g/mol. The van der Waals surface area contributed by atoms with Crippen LogP contribution in [-0.2, 0) is 17.1 Å². The van der Waals surface area contributed by atoms with Crippen LogP contribution in [0.5, 0.6) is 0 Å².